The molecule has 0 aliphatic heterocycles. The molecule has 0 N–H and O–H groups in total. The van der Waals surface area contributed by atoms with Gasteiger partial charge in [-0.2, -0.15) is 0 Å². The van der Waals surface area contributed by atoms with Gasteiger partial charge in [-0.15, -0.1) is 0 Å². The Hall–Kier alpha value is -1.32. The molecule has 0 aromatic carbocycles. The lowest BCUT2D eigenvalue weighted by Crippen LogP contribution is -2.18. The van der Waals surface area contributed by atoms with Crippen molar-refractivity contribution in [2.24, 2.45) is 0 Å². The summed E-state index contributed by atoms with van der Waals surface area (Å²) in [6.07, 6.45) is 8.76. The highest BCUT2D eigenvalue weighted by Gasteiger charge is 2.22. The van der Waals surface area contributed by atoms with Crippen molar-refractivity contribution < 1.29 is 19.1 Å². The molecule has 0 aromatic rings. The number of ether oxygens (including phenoxy) is 2. The van der Waals surface area contributed by atoms with Gasteiger partial charge in [0.15, 0.2) is 0 Å². The van der Waals surface area contributed by atoms with E-state index in [1.807, 2.05) is 13.8 Å². The predicted octanol–water partition coefficient (Wildman–Crippen LogP) is 5.35. The van der Waals surface area contributed by atoms with E-state index in [9.17, 15) is 9.59 Å². The average Bonchev–Trinajstić information content (AvgIpc) is 2.59. The van der Waals surface area contributed by atoms with Crippen molar-refractivity contribution >= 4 is 11.9 Å². The van der Waals surface area contributed by atoms with E-state index in [0.717, 1.165) is 51.4 Å². The summed E-state index contributed by atoms with van der Waals surface area (Å²) in [5.74, 6) is -0.680. The van der Waals surface area contributed by atoms with Crippen LogP contribution in [0.1, 0.15) is 91.9 Å². The molecule has 0 saturated heterocycles. The maximum atomic E-state index is 12.5. The maximum Gasteiger partial charge on any atom is 0.334 e. The summed E-state index contributed by atoms with van der Waals surface area (Å²) in [5, 5.41) is 0. The average molecular weight is 341 g/mol. The van der Waals surface area contributed by atoms with E-state index in [2.05, 4.69) is 13.8 Å². The monoisotopic (exact) mass is 340 g/mol. The van der Waals surface area contributed by atoms with Crippen molar-refractivity contribution in [3.8, 4) is 0 Å². The van der Waals surface area contributed by atoms with Gasteiger partial charge in [0, 0.05) is 11.1 Å². The van der Waals surface area contributed by atoms with Crippen molar-refractivity contribution in [3.05, 3.63) is 11.1 Å². The first kappa shape index (κ1) is 22.7. The lowest BCUT2D eigenvalue weighted by atomic mass is 9.97. The van der Waals surface area contributed by atoms with Crippen molar-refractivity contribution in [3.63, 3.8) is 0 Å². The van der Waals surface area contributed by atoms with Crippen LogP contribution in [-0.2, 0) is 19.1 Å². The standard InChI is InChI=1S/C20H36O4/c1-5-9-11-13-17(19(21)23-15-7-3)18(14-12-10-6-2)20(22)24-16-8-4/h5-16H2,1-4H3/b18-17-. The summed E-state index contributed by atoms with van der Waals surface area (Å²) in [6.45, 7) is 8.95. The van der Waals surface area contributed by atoms with Crippen LogP contribution >= 0.6 is 0 Å². The second-order valence-corrected chi connectivity index (χ2v) is 6.14. The van der Waals surface area contributed by atoms with E-state index in [4.69, 9.17) is 9.47 Å². The molecule has 0 rings (SSSR count). The van der Waals surface area contributed by atoms with Crippen molar-refractivity contribution in [1.29, 1.82) is 0 Å². The van der Waals surface area contributed by atoms with Crippen molar-refractivity contribution in [2.75, 3.05) is 13.2 Å². The summed E-state index contributed by atoms with van der Waals surface area (Å²) in [7, 11) is 0. The molecule has 0 atom stereocenters. The van der Waals surface area contributed by atoms with Crippen LogP contribution in [-0.4, -0.2) is 25.2 Å². The van der Waals surface area contributed by atoms with Gasteiger partial charge in [-0.3, -0.25) is 0 Å². The summed E-state index contributed by atoms with van der Waals surface area (Å²) in [6, 6.07) is 0. The molecule has 4 nitrogen and oxygen atoms in total. The van der Waals surface area contributed by atoms with Crippen LogP contribution in [0.2, 0.25) is 0 Å². The Kier molecular flexibility index (Phi) is 14.4. The quantitative estimate of drug-likeness (QED) is 0.243. The molecule has 0 aliphatic rings. The van der Waals surface area contributed by atoms with E-state index in [1.165, 1.54) is 0 Å². The number of unbranched alkanes of at least 4 members (excludes halogenated alkanes) is 4. The number of carbonyl (C=O) groups excluding carboxylic acids is 2. The molecular formula is C20H36O4. The van der Waals surface area contributed by atoms with Crippen molar-refractivity contribution in [1.82, 2.24) is 0 Å². The van der Waals surface area contributed by atoms with Crippen LogP contribution in [0.25, 0.3) is 0 Å². The number of esters is 2. The molecule has 0 aromatic heterocycles. The largest absolute Gasteiger partial charge is 0.462 e. The van der Waals surface area contributed by atoms with E-state index >= 15 is 0 Å². The minimum absolute atomic E-state index is 0.340. The first-order chi connectivity index (χ1) is 11.6. The third-order valence-electron chi connectivity index (χ3n) is 3.79. The predicted molar refractivity (Wildman–Crippen MR) is 97.8 cm³/mol. The summed E-state index contributed by atoms with van der Waals surface area (Å²) in [5.41, 5.74) is 1.07. The second kappa shape index (κ2) is 15.2. The molecule has 0 amide bonds. The molecule has 0 spiro atoms. The van der Waals surface area contributed by atoms with Gasteiger partial charge in [0.25, 0.3) is 0 Å². The molecular weight excluding hydrogens is 304 g/mol. The van der Waals surface area contributed by atoms with Gasteiger partial charge in [-0.1, -0.05) is 53.4 Å². The zero-order valence-electron chi connectivity index (χ0n) is 16.1. The lowest BCUT2D eigenvalue weighted by molar-refractivity contribution is -0.142. The van der Waals surface area contributed by atoms with Crippen LogP contribution in [0.4, 0.5) is 0 Å². The normalized spacial score (nSPS) is 11.8. The SMILES string of the molecule is CCCCC/C(C(=O)OCCC)=C(\CCCCC)C(=O)OCCC. The van der Waals surface area contributed by atoms with Crippen molar-refractivity contribution in [2.45, 2.75) is 91.9 Å². The highest BCUT2D eigenvalue weighted by atomic mass is 16.5. The third-order valence-corrected chi connectivity index (χ3v) is 3.79. The summed E-state index contributed by atoms with van der Waals surface area (Å²) >= 11 is 0. The number of rotatable bonds is 14. The highest BCUT2D eigenvalue weighted by molar-refractivity contribution is 6.00. The molecule has 24 heavy (non-hydrogen) atoms. The van der Waals surface area contributed by atoms with Crippen LogP contribution < -0.4 is 0 Å². The molecule has 0 aliphatic carbocycles. The smallest absolute Gasteiger partial charge is 0.334 e. The van der Waals surface area contributed by atoms with E-state index in [0.29, 0.717) is 37.2 Å². The van der Waals surface area contributed by atoms with Crippen LogP contribution in [0, 0.1) is 0 Å². The van der Waals surface area contributed by atoms with Crippen LogP contribution in [0.15, 0.2) is 11.1 Å². The minimum Gasteiger partial charge on any atom is -0.462 e. The fraction of sp³-hybridized carbons (Fsp3) is 0.800. The molecule has 4 heteroatoms. The van der Waals surface area contributed by atoms with E-state index in [1.54, 1.807) is 0 Å². The Morgan fingerprint density at radius 3 is 1.25 bits per heavy atom. The first-order valence-corrected chi connectivity index (χ1v) is 9.68. The Morgan fingerprint density at radius 1 is 0.583 bits per heavy atom. The third kappa shape index (κ3) is 9.74. The van der Waals surface area contributed by atoms with Gasteiger partial charge in [0.05, 0.1) is 13.2 Å². The molecule has 0 heterocycles. The molecule has 0 fully saturated rings. The first-order valence-electron chi connectivity index (χ1n) is 9.68. The van der Waals surface area contributed by atoms with Gasteiger partial charge in [-0.25, -0.2) is 9.59 Å². The summed E-state index contributed by atoms with van der Waals surface area (Å²) in [4.78, 5) is 24.9. The zero-order valence-corrected chi connectivity index (χ0v) is 16.1. The number of hydrogen-bond acceptors (Lipinski definition) is 4. The van der Waals surface area contributed by atoms with Crippen LogP contribution in [0.5, 0.6) is 0 Å². The molecule has 140 valence electrons. The number of carbonyl (C=O) groups is 2. The number of hydrogen-bond donors (Lipinski definition) is 0. The molecule has 0 unspecified atom stereocenters. The summed E-state index contributed by atoms with van der Waals surface area (Å²) < 4.78 is 10.6. The Bertz CT molecular complexity index is 349. The maximum absolute atomic E-state index is 12.5. The van der Waals surface area contributed by atoms with Gasteiger partial charge in [0.2, 0.25) is 0 Å². The van der Waals surface area contributed by atoms with Gasteiger partial charge >= 0.3 is 11.9 Å². The topological polar surface area (TPSA) is 52.6 Å². The highest BCUT2D eigenvalue weighted by Crippen LogP contribution is 2.22. The molecule has 0 radical (unpaired) electrons. The van der Waals surface area contributed by atoms with Gasteiger partial charge in [0.1, 0.15) is 0 Å². The molecule has 0 saturated carbocycles. The fourth-order valence-electron chi connectivity index (χ4n) is 2.42. The van der Waals surface area contributed by atoms with Gasteiger partial charge in [-0.05, 0) is 38.5 Å². The second-order valence-electron chi connectivity index (χ2n) is 6.14. The fourth-order valence-corrected chi connectivity index (χ4v) is 2.42. The Labute approximate surface area is 148 Å². The van der Waals surface area contributed by atoms with Gasteiger partial charge < -0.3 is 9.47 Å². The zero-order chi connectivity index (χ0) is 18.2. The lowest BCUT2D eigenvalue weighted by Gasteiger charge is -2.14. The van der Waals surface area contributed by atoms with Crippen LogP contribution in [0.3, 0.4) is 0 Å². The molecule has 0 bridgehead atoms. The Morgan fingerprint density at radius 2 is 0.958 bits per heavy atom. The van der Waals surface area contributed by atoms with E-state index in [-0.39, 0.29) is 11.9 Å². The van der Waals surface area contributed by atoms with E-state index < -0.39 is 0 Å². The minimum atomic E-state index is -0.340. The Balaban J connectivity index is 5.34.